The van der Waals surface area contributed by atoms with E-state index in [9.17, 15) is 26.4 Å². The SMILES string of the molecule is C[C@@H](C(=O)Nc1nnc(-c2ccc(Cl)cc2)s1)N(c1cccc(C(F)(F)F)c1)S(C)(=O)=O. The molecule has 32 heavy (non-hydrogen) atoms. The summed E-state index contributed by atoms with van der Waals surface area (Å²) in [6.07, 6.45) is -3.87. The summed E-state index contributed by atoms with van der Waals surface area (Å²) in [5.74, 6) is -0.786. The van der Waals surface area contributed by atoms with Gasteiger partial charge in [0.15, 0.2) is 0 Å². The Bertz CT molecular complexity index is 1230. The number of nitrogens with zero attached hydrogens (tertiary/aromatic N) is 3. The molecular formula is C19H16ClF3N4O3S2. The lowest BCUT2D eigenvalue weighted by atomic mass is 10.2. The maximum absolute atomic E-state index is 13.1. The van der Waals surface area contributed by atoms with Crippen molar-refractivity contribution in [2.24, 2.45) is 0 Å². The molecule has 0 aliphatic carbocycles. The van der Waals surface area contributed by atoms with Crippen LogP contribution in [0, 0.1) is 0 Å². The van der Waals surface area contributed by atoms with E-state index >= 15 is 0 Å². The molecule has 0 fully saturated rings. The topological polar surface area (TPSA) is 92.3 Å². The van der Waals surface area contributed by atoms with Crippen LogP contribution in [-0.2, 0) is 21.0 Å². The molecule has 2 aromatic carbocycles. The summed E-state index contributed by atoms with van der Waals surface area (Å²) >= 11 is 6.90. The van der Waals surface area contributed by atoms with E-state index in [1.807, 2.05) is 0 Å². The summed E-state index contributed by atoms with van der Waals surface area (Å²) in [5, 5.41) is 11.4. The first kappa shape index (κ1) is 24.0. The van der Waals surface area contributed by atoms with Crippen LogP contribution in [0.3, 0.4) is 0 Å². The third kappa shape index (κ3) is 5.56. The van der Waals surface area contributed by atoms with Crippen molar-refractivity contribution in [3.63, 3.8) is 0 Å². The minimum absolute atomic E-state index is 0.101. The molecule has 0 radical (unpaired) electrons. The van der Waals surface area contributed by atoms with Crippen molar-refractivity contribution in [1.82, 2.24) is 10.2 Å². The monoisotopic (exact) mass is 504 g/mol. The van der Waals surface area contributed by atoms with Crippen LogP contribution in [0.25, 0.3) is 10.6 Å². The number of amides is 1. The molecule has 0 aliphatic rings. The van der Waals surface area contributed by atoms with Gasteiger partial charge in [-0.1, -0.05) is 41.1 Å². The van der Waals surface area contributed by atoms with Crippen molar-refractivity contribution >= 4 is 49.7 Å². The van der Waals surface area contributed by atoms with Crippen LogP contribution < -0.4 is 9.62 Å². The second-order valence-corrected chi connectivity index (χ2v) is 9.96. The van der Waals surface area contributed by atoms with Crippen LogP contribution in [0.1, 0.15) is 12.5 Å². The van der Waals surface area contributed by atoms with Crippen LogP contribution in [0.2, 0.25) is 5.02 Å². The van der Waals surface area contributed by atoms with E-state index in [0.29, 0.717) is 26.0 Å². The molecule has 1 N–H and O–H groups in total. The zero-order valence-electron chi connectivity index (χ0n) is 16.6. The summed E-state index contributed by atoms with van der Waals surface area (Å²) in [5.41, 5.74) is -0.612. The van der Waals surface area contributed by atoms with Crippen LogP contribution in [0.4, 0.5) is 24.0 Å². The van der Waals surface area contributed by atoms with E-state index < -0.39 is 33.7 Å². The molecule has 13 heteroatoms. The first-order chi connectivity index (χ1) is 14.9. The van der Waals surface area contributed by atoms with Crippen molar-refractivity contribution in [3.8, 4) is 10.6 Å². The van der Waals surface area contributed by atoms with Crippen LogP contribution in [0.15, 0.2) is 48.5 Å². The van der Waals surface area contributed by atoms with Gasteiger partial charge in [-0.05, 0) is 37.3 Å². The van der Waals surface area contributed by atoms with E-state index in [1.165, 1.54) is 13.0 Å². The Morgan fingerprint density at radius 3 is 2.41 bits per heavy atom. The van der Waals surface area contributed by atoms with Gasteiger partial charge in [-0.15, -0.1) is 10.2 Å². The van der Waals surface area contributed by atoms with Crippen molar-refractivity contribution in [2.45, 2.75) is 19.1 Å². The molecule has 0 unspecified atom stereocenters. The summed E-state index contributed by atoms with van der Waals surface area (Å²) in [4.78, 5) is 12.7. The lowest BCUT2D eigenvalue weighted by Gasteiger charge is -2.28. The number of sulfonamides is 1. The highest BCUT2D eigenvalue weighted by atomic mass is 35.5. The zero-order chi connectivity index (χ0) is 23.7. The zero-order valence-corrected chi connectivity index (χ0v) is 19.0. The quantitative estimate of drug-likeness (QED) is 0.526. The predicted octanol–water partition coefficient (Wildman–Crippen LogP) is 4.67. The smallest absolute Gasteiger partial charge is 0.299 e. The maximum atomic E-state index is 13.1. The standard InChI is InChI=1S/C19H16ClF3N4O3S2/c1-11(27(32(2,29)30)15-5-3-4-13(10-15)19(21,22)23)16(28)24-18-26-25-17(31-18)12-6-8-14(20)9-7-12/h3-11H,1-2H3,(H,24,26,28)/t11-/m0/s1. The van der Waals surface area contributed by atoms with Crippen molar-refractivity contribution in [2.75, 3.05) is 15.9 Å². The molecule has 170 valence electrons. The number of carbonyl (C=O) groups excluding carboxylic acids is 1. The average molecular weight is 505 g/mol. The summed E-state index contributed by atoms with van der Waals surface area (Å²) in [7, 11) is -4.10. The molecule has 1 heterocycles. The molecule has 0 aliphatic heterocycles. The fourth-order valence-electron chi connectivity index (χ4n) is 2.82. The van der Waals surface area contributed by atoms with Gasteiger partial charge in [-0.25, -0.2) is 8.42 Å². The molecule has 1 atom stereocenters. The number of hydrogen-bond acceptors (Lipinski definition) is 6. The van der Waals surface area contributed by atoms with Gasteiger partial charge in [0.25, 0.3) is 0 Å². The Labute approximate surface area is 190 Å². The number of anilines is 2. The van der Waals surface area contributed by atoms with Gasteiger partial charge >= 0.3 is 6.18 Å². The molecule has 0 saturated heterocycles. The van der Waals surface area contributed by atoms with E-state index in [1.54, 1.807) is 24.3 Å². The van der Waals surface area contributed by atoms with E-state index in [-0.39, 0.29) is 10.8 Å². The summed E-state index contributed by atoms with van der Waals surface area (Å²) in [6.45, 7) is 1.26. The molecule has 1 aromatic heterocycles. The highest BCUT2D eigenvalue weighted by Gasteiger charge is 2.34. The number of hydrogen-bond donors (Lipinski definition) is 1. The Morgan fingerprint density at radius 1 is 1.16 bits per heavy atom. The first-order valence-electron chi connectivity index (χ1n) is 8.93. The average Bonchev–Trinajstić information content (AvgIpc) is 3.15. The second-order valence-electron chi connectivity index (χ2n) is 6.69. The van der Waals surface area contributed by atoms with Crippen LogP contribution in [0.5, 0.6) is 0 Å². The minimum Gasteiger partial charge on any atom is -0.299 e. The van der Waals surface area contributed by atoms with Gasteiger partial charge in [-0.3, -0.25) is 14.4 Å². The first-order valence-corrected chi connectivity index (χ1v) is 12.0. The summed E-state index contributed by atoms with van der Waals surface area (Å²) < 4.78 is 64.5. The van der Waals surface area contributed by atoms with Crippen molar-refractivity contribution < 1.29 is 26.4 Å². The predicted molar refractivity (Wildman–Crippen MR) is 117 cm³/mol. The fourth-order valence-corrected chi connectivity index (χ4v) is 4.87. The molecular weight excluding hydrogens is 489 g/mol. The Kier molecular flexibility index (Phi) is 6.77. The number of rotatable bonds is 6. The third-order valence-corrected chi connectivity index (χ3v) is 6.64. The Hall–Kier alpha value is -2.70. The molecule has 3 rings (SSSR count). The van der Waals surface area contributed by atoms with Crippen molar-refractivity contribution in [3.05, 3.63) is 59.1 Å². The van der Waals surface area contributed by atoms with Crippen LogP contribution in [-0.4, -0.2) is 36.8 Å². The van der Waals surface area contributed by atoms with Gasteiger partial charge in [0.05, 0.1) is 17.5 Å². The fraction of sp³-hybridized carbons (Fsp3) is 0.211. The molecule has 0 spiro atoms. The lowest BCUT2D eigenvalue weighted by molar-refractivity contribution is -0.137. The third-order valence-electron chi connectivity index (χ3n) is 4.26. The molecule has 0 saturated carbocycles. The molecule has 7 nitrogen and oxygen atoms in total. The summed E-state index contributed by atoms with van der Waals surface area (Å²) in [6, 6.07) is 9.15. The number of aromatic nitrogens is 2. The minimum atomic E-state index is -4.67. The van der Waals surface area contributed by atoms with Crippen LogP contribution >= 0.6 is 22.9 Å². The normalized spacial score (nSPS) is 12.9. The Balaban J connectivity index is 1.84. The molecule has 0 bridgehead atoms. The van der Waals surface area contributed by atoms with Crippen molar-refractivity contribution in [1.29, 1.82) is 0 Å². The maximum Gasteiger partial charge on any atom is 0.416 e. The second kappa shape index (κ2) is 9.04. The van der Waals surface area contributed by atoms with Gasteiger partial charge in [-0.2, -0.15) is 13.2 Å². The molecule has 1 amide bonds. The van der Waals surface area contributed by atoms with E-state index in [0.717, 1.165) is 29.7 Å². The van der Waals surface area contributed by atoms with Gasteiger partial charge in [0.2, 0.25) is 21.1 Å². The number of benzene rings is 2. The van der Waals surface area contributed by atoms with Gasteiger partial charge < -0.3 is 0 Å². The number of halogens is 4. The Morgan fingerprint density at radius 2 is 1.81 bits per heavy atom. The number of nitrogens with one attached hydrogen (secondary N) is 1. The van der Waals surface area contributed by atoms with E-state index in [2.05, 4.69) is 15.5 Å². The van der Waals surface area contributed by atoms with Gasteiger partial charge in [0, 0.05) is 10.6 Å². The highest BCUT2D eigenvalue weighted by Crippen LogP contribution is 2.33. The number of alkyl halides is 3. The largest absolute Gasteiger partial charge is 0.416 e. The highest BCUT2D eigenvalue weighted by molar-refractivity contribution is 7.92. The molecule has 3 aromatic rings. The number of carbonyl (C=O) groups is 1. The van der Waals surface area contributed by atoms with Gasteiger partial charge in [0.1, 0.15) is 11.0 Å². The lowest BCUT2D eigenvalue weighted by Crippen LogP contribution is -2.45. The van der Waals surface area contributed by atoms with E-state index in [4.69, 9.17) is 11.6 Å².